The third-order valence-electron chi connectivity index (χ3n) is 3.29. The average Bonchev–Trinajstić information content (AvgIpc) is 2.39. The van der Waals surface area contributed by atoms with Crippen molar-refractivity contribution in [3.8, 4) is 0 Å². The standard InChI is InChI=1S/C13H18N2O2/c1-10-11(13(16)17-2)8-14-9-12(10)15-6-4-3-5-7-15/h8-9H,3-7H2,1-2H3. The summed E-state index contributed by atoms with van der Waals surface area (Å²) in [4.78, 5) is 18.0. The van der Waals surface area contributed by atoms with Gasteiger partial charge in [0.2, 0.25) is 0 Å². The number of pyridine rings is 1. The van der Waals surface area contributed by atoms with Crippen LogP contribution in [0.25, 0.3) is 0 Å². The van der Waals surface area contributed by atoms with Crippen LogP contribution in [0.15, 0.2) is 12.4 Å². The Kier molecular flexibility index (Phi) is 3.61. The minimum absolute atomic E-state index is 0.311. The normalized spacial score (nSPS) is 15.8. The van der Waals surface area contributed by atoms with E-state index in [1.807, 2.05) is 13.1 Å². The summed E-state index contributed by atoms with van der Waals surface area (Å²) in [5, 5.41) is 0. The molecule has 1 aliphatic heterocycles. The molecule has 1 aromatic heterocycles. The molecule has 0 bridgehead atoms. The van der Waals surface area contributed by atoms with E-state index in [1.54, 1.807) is 6.20 Å². The second kappa shape index (κ2) is 5.17. The molecule has 4 nitrogen and oxygen atoms in total. The Morgan fingerprint density at radius 2 is 2.00 bits per heavy atom. The second-order valence-electron chi connectivity index (χ2n) is 4.37. The Labute approximate surface area is 102 Å². The lowest BCUT2D eigenvalue weighted by atomic mass is 10.1. The second-order valence-corrected chi connectivity index (χ2v) is 4.37. The highest BCUT2D eigenvalue weighted by Crippen LogP contribution is 2.25. The number of hydrogen-bond donors (Lipinski definition) is 0. The minimum Gasteiger partial charge on any atom is -0.465 e. The zero-order valence-corrected chi connectivity index (χ0v) is 10.4. The number of rotatable bonds is 2. The van der Waals surface area contributed by atoms with Gasteiger partial charge in [0.15, 0.2) is 0 Å². The molecule has 4 heteroatoms. The molecule has 2 rings (SSSR count). The summed E-state index contributed by atoms with van der Waals surface area (Å²) in [5.74, 6) is -0.311. The molecule has 92 valence electrons. The van der Waals surface area contributed by atoms with Crippen LogP contribution >= 0.6 is 0 Å². The smallest absolute Gasteiger partial charge is 0.339 e. The lowest BCUT2D eigenvalue weighted by molar-refractivity contribution is 0.0599. The average molecular weight is 234 g/mol. The van der Waals surface area contributed by atoms with Gasteiger partial charge >= 0.3 is 5.97 Å². The molecule has 0 aromatic carbocycles. The fourth-order valence-electron chi connectivity index (χ4n) is 2.28. The summed E-state index contributed by atoms with van der Waals surface area (Å²) in [7, 11) is 1.40. The Balaban J connectivity index is 2.31. The van der Waals surface area contributed by atoms with Crippen LogP contribution in [0.5, 0.6) is 0 Å². The molecular formula is C13H18N2O2. The van der Waals surface area contributed by atoms with Gasteiger partial charge < -0.3 is 9.64 Å². The molecule has 0 saturated carbocycles. The number of aromatic nitrogens is 1. The molecule has 0 radical (unpaired) electrons. The van der Waals surface area contributed by atoms with Gasteiger partial charge in [-0.2, -0.15) is 0 Å². The van der Waals surface area contributed by atoms with E-state index in [2.05, 4.69) is 9.88 Å². The molecule has 1 aromatic rings. The van der Waals surface area contributed by atoms with Crippen molar-refractivity contribution in [1.29, 1.82) is 0 Å². The van der Waals surface area contributed by atoms with Gasteiger partial charge in [-0.25, -0.2) is 4.79 Å². The fourth-order valence-corrected chi connectivity index (χ4v) is 2.28. The number of carbonyl (C=O) groups excluding carboxylic acids is 1. The van der Waals surface area contributed by atoms with Crippen molar-refractivity contribution >= 4 is 11.7 Å². The van der Waals surface area contributed by atoms with E-state index >= 15 is 0 Å². The minimum atomic E-state index is -0.311. The molecule has 2 heterocycles. The number of methoxy groups -OCH3 is 1. The van der Waals surface area contributed by atoms with Gasteiger partial charge in [-0.15, -0.1) is 0 Å². The van der Waals surface area contributed by atoms with Crippen molar-refractivity contribution in [1.82, 2.24) is 4.98 Å². The lowest BCUT2D eigenvalue weighted by Crippen LogP contribution is -2.30. The number of hydrogen-bond acceptors (Lipinski definition) is 4. The third kappa shape index (κ3) is 2.40. The van der Waals surface area contributed by atoms with Gasteiger partial charge in [-0.1, -0.05) is 0 Å². The van der Waals surface area contributed by atoms with Gasteiger partial charge in [0.05, 0.1) is 24.6 Å². The van der Waals surface area contributed by atoms with E-state index in [9.17, 15) is 4.79 Å². The van der Waals surface area contributed by atoms with Crippen molar-refractivity contribution in [2.45, 2.75) is 26.2 Å². The Bertz CT molecular complexity index is 412. The van der Waals surface area contributed by atoms with Crippen LogP contribution in [0.4, 0.5) is 5.69 Å². The highest BCUT2D eigenvalue weighted by atomic mass is 16.5. The first-order chi connectivity index (χ1) is 8.24. The summed E-state index contributed by atoms with van der Waals surface area (Å²) < 4.78 is 4.76. The number of ether oxygens (including phenoxy) is 1. The van der Waals surface area contributed by atoms with Crippen molar-refractivity contribution in [3.05, 3.63) is 23.5 Å². The summed E-state index contributed by atoms with van der Waals surface area (Å²) in [6.07, 6.45) is 7.13. The van der Waals surface area contributed by atoms with Crippen molar-refractivity contribution in [2.24, 2.45) is 0 Å². The first-order valence-electron chi connectivity index (χ1n) is 6.02. The number of carbonyl (C=O) groups is 1. The van der Waals surface area contributed by atoms with Crippen LogP contribution in [-0.4, -0.2) is 31.2 Å². The van der Waals surface area contributed by atoms with Crippen molar-refractivity contribution < 1.29 is 9.53 Å². The SMILES string of the molecule is COC(=O)c1cncc(N2CCCCC2)c1C. The largest absolute Gasteiger partial charge is 0.465 e. The van der Waals surface area contributed by atoms with Gasteiger partial charge in [0.1, 0.15) is 0 Å². The van der Waals surface area contributed by atoms with E-state index in [0.717, 1.165) is 24.3 Å². The van der Waals surface area contributed by atoms with E-state index in [4.69, 9.17) is 4.74 Å². The Hall–Kier alpha value is -1.58. The van der Waals surface area contributed by atoms with E-state index in [0.29, 0.717) is 5.56 Å². The molecule has 1 saturated heterocycles. The van der Waals surface area contributed by atoms with Crippen LogP contribution in [0.2, 0.25) is 0 Å². The maximum atomic E-state index is 11.6. The zero-order valence-electron chi connectivity index (χ0n) is 10.4. The molecule has 0 unspecified atom stereocenters. The molecule has 1 aliphatic rings. The number of esters is 1. The van der Waals surface area contributed by atoms with E-state index < -0.39 is 0 Å². The molecule has 0 atom stereocenters. The predicted molar refractivity (Wildman–Crippen MR) is 66.4 cm³/mol. The van der Waals surface area contributed by atoms with Crippen LogP contribution in [0.1, 0.15) is 35.2 Å². The maximum absolute atomic E-state index is 11.6. The van der Waals surface area contributed by atoms with Gasteiger partial charge in [0, 0.05) is 19.3 Å². The van der Waals surface area contributed by atoms with E-state index in [1.165, 1.54) is 26.4 Å². The molecule has 1 fully saturated rings. The number of nitrogens with zero attached hydrogens (tertiary/aromatic N) is 2. The highest BCUT2D eigenvalue weighted by Gasteiger charge is 2.18. The van der Waals surface area contributed by atoms with Gasteiger partial charge in [0.25, 0.3) is 0 Å². The monoisotopic (exact) mass is 234 g/mol. The first-order valence-corrected chi connectivity index (χ1v) is 6.02. The quantitative estimate of drug-likeness (QED) is 0.735. The first kappa shape index (κ1) is 11.9. The molecular weight excluding hydrogens is 216 g/mol. The van der Waals surface area contributed by atoms with Crippen LogP contribution in [0, 0.1) is 6.92 Å². The van der Waals surface area contributed by atoms with Crippen molar-refractivity contribution in [3.63, 3.8) is 0 Å². The Morgan fingerprint density at radius 1 is 1.29 bits per heavy atom. The Morgan fingerprint density at radius 3 is 2.65 bits per heavy atom. The van der Waals surface area contributed by atoms with Gasteiger partial charge in [-0.05, 0) is 31.7 Å². The zero-order chi connectivity index (χ0) is 12.3. The predicted octanol–water partition coefficient (Wildman–Crippen LogP) is 2.17. The van der Waals surface area contributed by atoms with Crippen molar-refractivity contribution in [2.75, 3.05) is 25.1 Å². The highest BCUT2D eigenvalue weighted by molar-refractivity contribution is 5.92. The molecule has 0 amide bonds. The summed E-state index contributed by atoms with van der Waals surface area (Å²) in [6, 6.07) is 0. The molecule has 17 heavy (non-hydrogen) atoms. The lowest BCUT2D eigenvalue weighted by Gasteiger charge is -2.30. The third-order valence-corrected chi connectivity index (χ3v) is 3.29. The number of anilines is 1. The van der Waals surface area contributed by atoms with E-state index in [-0.39, 0.29) is 5.97 Å². The maximum Gasteiger partial charge on any atom is 0.339 e. The van der Waals surface area contributed by atoms with Crippen LogP contribution in [0.3, 0.4) is 0 Å². The summed E-state index contributed by atoms with van der Waals surface area (Å²) in [6.45, 7) is 4.05. The summed E-state index contributed by atoms with van der Waals surface area (Å²) in [5.41, 5.74) is 2.59. The fraction of sp³-hybridized carbons (Fsp3) is 0.538. The topological polar surface area (TPSA) is 42.4 Å². The van der Waals surface area contributed by atoms with Crippen LogP contribution in [-0.2, 0) is 4.74 Å². The number of piperidine rings is 1. The van der Waals surface area contributed by atoms with Crippen LogP contribution < -0.4 is 4.90 Å². The van der Waals surface area contributed by atoms with Gasteiger partial charge in [-0.3, -0.25) is 4.98 Å². The molecule has 0 aliphatic carbocycles. The summed E-state index contributed by atoms with van der Waals surface area (Å²) >= 11 is 0. The molecule has 0 spiro atoms. The molecule has 0 N–H and O–H groups in total.